The minimum Gasteiger partial charge on any atom is -0.449 e. The van der Waals surface area contributed by atoms with Gasteiger partial charge in [-0.25, -0.2) is 4.79 Å². The molecule has 10 nitrogen and oxygen atoms in total. The van der Waals surface area contributed by atoms with Gasteiger partial charge in [-0.15, -0.1) is 0 Å². The van der Waals surface area contributed by atoms with Crippen LogP contribution in [0, 0.1) is 5.92 Å². The van der Waals surface area contributed by atoms with Crippen molar-refractivity contribution in [2.24, 2.45) is 5.92 Å². The Morgan fingerprint density at radius 3 is 2.23 bits per heavy atom. The standard InChI is InChI=1S/C42H46N6O4S/c1-28(2)38(45-42(51)52-27-35-31-15-5-3-13-29(31)30-14-4-6-16-32(30)35)41(50)44-36-19-9-7-17-33(36)40(49)43-21-11-12-22-47-23-25-48(26-24-47)39-34-18-8-10-20-37(34)53-46-39/h3-10,13-20,28,35,38H,11-12,21-27H2,1-2H3,(H,43,49)(H,44,50)(H,45,51)/t38-/m0/s1. The van der Waals surface area contributed by atoms with Gasteiger partial charge < -0.3 is 25.6 Å². The van der Waals surface area contributed by atoms with Gasteiger partial charge in [0.15, 0.2) is 0 Å². The Morgan fingerprint density at radius 2 is 1.49 bits per heavy atom. The lowest BCUT2D eigenvalue weighted by Gasteiger charge is -2.35. The van der Waals surface area contributed by atoms with E-state index in [9.17, 15) is 14.4 Å². The predicted molar refractivity (Wildman–Crippen MR) is 212 cm³/mol. The van der Waals surface area contributed by atoms with E-state index in [2.05, 4.69) is 74.3 Å². The molecule has 1 fully saturated rings. The molecule has 3 N–H and O–H groups in total. The van der Waals surface area contributed by atoms with E-state index in [1.165, 1.54) is 10.1 Å². The van der Waals surface area contributed by atoms with E-state index in [0.717, 1.165) is 73.6 Å². The number of aromatic nitrogens is 1. The number of unbranched alkanes of at least 4 members (excludes halogenated alkanes) is 1. The summed E-state index contributed by atoms with van der Waals surface area (Å²) >= 11 is 1.56. The van der Waals surface area contributed by atoms with Crippen molar-refractivity contribution in [2.75, 3.05) is 56.1 Å². The molecule has 0 bridgehead atoms. The quantitative estimate of drug-likeness (QED) is 0.111. The van der Waals surface area contributed by atoms with Crippen LogP contribution in [0.15, 0.2) is 97.1 Å². The Bertz CT molecular complexity index is 2030. The monoisotopic (exact) mass is 730 g/mol. The van der Waals surface area contributed by atoms with E-state index in [-0.39, 0.29) is 24.3 Å². The van der Waals surface area contributed by atoms with Crippen LogP contribution in [-0.2, 0) is 9.53 Å². The number of benzene rings is 4. The number of nitrogens with one attached hydrogen (secondary N) is 3. The Kier molecular flexibility index (Phi) is 11.3. The lowest BCUT2D eigenvalue weighted by atomic mass is 9.98. The van der Waals surface area contributed by atoms with Gasteiger partial charge in [0.2, 0.25) is 5.91 Å². The molecule has 11 heteroatoms. The fourth-order valence-corrected chi connectivity index (χ4v) is 8.14. The van der Waals surface area contributed by atoms with Crippen LogP contribution in [0.5, 0.6) is 0 Å². The Balaban J connectivity index is 0.859. The topological polar surface area (TPSA) is 116 Å². The SMILES string of the molecule is CC(C)[C@H](NC(=O)OCC1c2ccccc2-c2ccccc21)C(=O)Nc1ccccc1C(=O)NCCCCN1CCN(c2nsc3ccccc23)CC1. The number of ether oxygens (including phenoxy) is 1. The zero-order valence-electron chi connectivity index (χ0n) is 30.2. The highest BCUT2D eigenvalue weighted by molar-refractivity contribution is 7.13. The van der Waals surface area contributed by atoms with E-state index >= 15 is 0 Å². The molecule has 53 heavy (non-hydrogen) atoms. The molecule has 274 valence electrons. The van der Waals surface area contributed by atoms with Gasteiger partial charge in [0.05, 0.1) is 16.0 Å². The number of para-hydroxylation sites is 1. The summed E-state index contributed by atoms with van der Waals surface area (Å²) in [6.45, 7) is 9.24. The number of alkyl carbamates (subject to hydrolysis) is 1. The summed E-state index contributed by atoms with van der Waals surface area (Å²) in [5.41, 5.74) is 5.28. The summed E-state index contributed by atoms with van der Waals surface area (Å²) in [6.07, 6.45) is 1.15. The van der Waals surface area contributed by atoms with Gasteiger partial charge in [0.25, 0.3) is 5.91 Å². The summed E-state index contributed by atoms with van der Waals surface area (Å²) in [5, 5.41) is 9.90. The Morgan fingerprint density at radius 1 is 0.830 bits per heavy atom. The van der Waals surface area contributed by atoms with Crippen LogP contribution < -0.4 is 20.9 Å². The molecular formula is C42H46N6O4S. The van der Waals surface area contributed by atoms with Crippen LogP contribution in [0.4, 0.5) is 16.3 Å². The minimum atomic E-state index is -0.871. The lowest BCUT2D eigenvalue weighted by Crippen LogP contribution is -2.47. The van der Waals surface area contributed by atoms with Gasteiger partial charge in [-0.05, 0) is 83.4 Å². The highest BCUT2D eigenvalue weighted by atomic mass is 32.1. The molecule has 0 spiro atoms. The zero-order chi connectivity index (χ0) is 36.7. The normalized spacial score (nSPS) is 14.8. The second kappa shape index (κ2) is 16.6. The van der Waals surface area contributed by atoms with Crippen molar-refractivity contribution >= 4 is 51.0 Å². The summed E-state index contributed by atoms with van der Waals surface area (Å²) in [5.74, 6) is 0.103. The predicted octanol–water partition coefficient (Wildman–Crippen LogP) is 7.13. The van der Waals surface area contributed by atoms with Gasteiger partial charge >= 0.3 is 6.09 Å². The van der Waals surface area contributed by atoms with E-state index in [0.29, 0.717) is 17.8 Å². The van der Waals surface area contributed by atoms with Crippen LogP contribution in [0.2, 0.25) is 0 Å². The molecule has 1 saturated heterocycles. The van der Waals surface area contributed by atoms with E-state index in [4.69, 9.17) is 9.11 Å². The first-order chi connectivity index (χ1) is 25.9. The molecule has 7 rings (SSSR count). The van der Waals surface area contributed by atoms with Crippen LogP contribution in [0.1, 0.15) is 54.1 Å². The van der Waals surface area contributed by atoms with Crippen molar-refractivity contribution < 1.29 is 19.1 Å². The van der Waals surface area contributed by atoms with Crippen LogP contribution in [0.25, 0.3) is 21.2 Å². The molecule has 3 amide bonds. The highest BCUT2D eigenvalue weighted by Gasteiger charge is 2.31. The van der Waals surface area contributed by atoms with Gasteiger partial charge in [-0.3, -0.25) is 14.5 Å². The van der Waals surface area contributed by atoms with Gasteiger partial charge in [-0.1, -0.05) is 86.6 Å². The van der Waals surface area contributed by atoms with Crippen molar-refractivity contribution in [1.82, 2.24) is 19.9 Å². The lowest BCUT2D eigenvalue weighted by molar-refractivity contribution is -0.119. The maximum atomic E-state index is 13.5. The minimum absolute atomic E-state index is 0.0868. The number of nitrogens with zero attached hydrogens (tertiary/aromatic N) is 3. The largest absolute Gasteiger partial charge is 0.449 e. The van der Waals surface area contributed by atoms with E-state index in [1.54, 1.807) is 35.8 Å². The average Bonchev–Trinajstić information content (AvgIpc) is 3.75. The molecular weight excluding hydrogens is 685 g/mol. The zero-order valence-corrected chi connectivity index (χ0v) is 31.0. The summed E-state index contributed by atoms with van der Waals surface area (Å²) in [7, 11) is 0. The van der Waals surface area contributed by atoms with Gasteiger partial charge in [-0.2, -0.15) is 4.37 Å². The molecule has 5 aromatic rings. The van der Waals surface area contributed by atoms with E-state index in [1.807, 2.05) is 38.1 Å². The fraction of sp³-hybridized carbons (Fsp3) is 0.333. The number of carbonyl (C=O) groups excluding carboxylic acids is 3. The van der Waals surface area contributed by atoms with Crippen molar-refractivity contribution in [3.05, 3.63) is 114 Å². The molecule has 1 atom stereocenters. The number of hydrogen-bond acceptors (Lipinski definition) is 8. The number of piperazine rings is 1. The molecule has 0 radical (unpaired) electrons. The van der Waals surface area contributed by atoms with Crippen LogP contribution in [-0.4, -0.2) is 79.1 Å². The maximum Gasteiger partial charge on any atom is 0.407 e. The van der Waals surface area contributed by atoms with E-state index < -0.39 is 18.0 Å². The molecule has 1 aliphatic heterocycles. The first-order valence-electron chi connectivity index (χ1n) is 18.5. The average molecular weight is 731 g/mol. The number of anilines is 2. The molecule has 0 unspecified atom stereocenters. The maximum absolute atomic E-state index is 13.5. The Hall–Kier alpha value is -5.26. The third kappa shape index (κ3) is 8.21. The molecule has 4 aromatic carbocycles. The third-order valence-corrected chi connectivity index (χ3v) is 11.0. The summed E-state index contributed by atoms with van der Waals surface area (Å²) < 4.78 is 11.7. The van der Waals surface area contributed by atoms with Crippen LogP contribution in [0.3, 0.4) is 0 Å². The number of amides is 3. The molecule has 1 aromatic heterocycles. The van der Waals surface area contributed by atoms with Crippen molar-refractivity contribution in [1.29, 1.82) is 0 Å². The van der Waals surface area contributed by atoms with Gasteiger partial charge in [0.1, 0.15) is 18.5 Å². The first-order valence-corrected chi connectivity index (χ1v) is 19.3. The van der Waals surface area contributed by atoms with Crippen LogP contribution >= 0.6 is 11.5 Å². The number of hydrogen-bond donors (Lipinski definition) is 3. The fourth-order valence-electron chi connectivity index (χ4n) is 7.34. The first kappa shape index (κ1) is 36.1. The van der Waals surface area contributed by atoms with Crippen molar-refractivity contribution in [3.63, 3.8) is 0 Å². The van der Waals surface area contributed by atoms with Crippen molar-refractivity contribution in [3.8, 4) is 11.1 Å². The Labute approximate surface area is 314 Å². The number of carbonyl (C=O) groups is 3. The molecule has 2 heterocycles. The highest BCUT2D eigenvalue weighted by Crippen LogP contribution is 2.44. The number of rotatable bonds is 13. The third-order valence-electron chi connectivity index (χ3n) is 10.2. The summed E-state index contributed by atoms with van der Waals surface area (Å²) in [6, 6.07) is 30.8. The van der Waals surface area contributed by atoms with Gasteiger partial charge in [0, 0.05) is 44.0 Å². The number of fused-ring (bicyclic) bond motifs is 4. The van der Waals surface area contributed by atoms with Crippen molar-refractivity contribution in [2.45, 2.75) is 38.6 Å². The second-order valence-electron chi connectivity index (χ2n) is 14.0. The molecule has 2 aliphatic rings. The summed E-state index contributed by atoms with van der Waals surface area (Å²) in [4.78, 5) is 44.7. The molecule has 1 aliphatic carbocycles. The second-order valence-corrected chi connectivity index (χ2v) is 14.8. The molecule has 0 saturated carbocycles. The smallest absolute Gasteiger partial charge is 0.407 e.